The molecule has 138 valence electrons. The smallest absolute Gasteiger partial charge is 0.308 e. The fourth-order valence-electron chi connectivity index (χ4n) is 2.48. The number of carbonyl (C=O) groups excluding carboxylic acids is 2. The van der Waals surface area contributed by atoms with E-state index in [0.29, 0.717) is 11.4 Å². The van der Waals surface area contributed by atoms with E-state index in [0.717, 1.165) is 11.3 Å². The number of amides is 1. The van der Waals surface area contributed by atoms with Gasteiger partial charge in [-0.2, -0.15) is 4.68 Å². The predicted molar refractivity (Wildman–Crippen MR) is 97.1 cm³/mol. The Kier molecular flexibility index (Phi) is 5.88. The molecule has 0 unspecified atom stereocenters. The summed E-state index contributed by atoms with van der Waals surface area (Å²) >= 11 is 0. The number of benzene rings is 2. The number of carbonyl (C=O) groups is 2. The van der Waals surface area contributed by atoms with Crippen molar-refractivity contribution < 1.29 is 14.3 Å². The zero-order valence-corrected chi connectivity index (χ0v) is 14.8. The first-order valence-electron chi connectivity index (χ1n) is 8.47. The minimum Gasteiger partial charge on any atom is -0.457 e. The van der Waals surface area contributed by atoms with Gasteiger partial charge in [-0.25, -0.2) is 0 Å². The molecule has 1 heterocycles. The van der Waals surface area contributed by atoms with E-state index in [-0.39, 0.29) is 25.5 Å². The third kappa shape index (κ3) is 4.75. The third-order valence-electron chi connectivity index (χ3n) is 3.90. The van der Waals surface area contributed by atoms with Gasteiger partial charge in [-0.05, 0) is 41.1 Å². The molecule has 1 aromatic heterocycles. The lowest BCUT2D eigenvalue weighted by Gasteiger charge is -2.08. The third-order valence-corrected chi connectivity index (χ3v) is 3.90. The van der Waals surface area contributed by atoms with Gasteiger partial charge in [0, 0.05) is 12.1 Å². The van der Waals surface area contributed by atoms with Crippen LogP contribution < -0.4 is 5.32 Å². The largest absolute Gasteiger partial charge is 0.457 e. The van der Waals surface area contributed by atoms with Crippen LogP contribution in [0, 0.1) is 6.92 Å². The van der Waals surface area contributed by atoms with Crippen molar-refractivity contribution in [2.75, 3.05) is 6.54 Å². The standard InChI is InChI=1S/C19H19N5O3/c1-14-7-5-6-10-16(14)19(26)20-12-11-18(25)27-13-17-21-22-23-24(17)15-8-3-2-4-9-15/h2-10H,11-13H2,1H3,(H,20,26). The van der Waals surface area contributed by atoms with E-state index >= 15 is 0 Å². The summed E-state index contributed by atoms with van der Waals surface area (Å²) in [4.78, 5) is 24.0. The summed E-state index contributed by atoms with van der Waals surface area (Å²) in [7, 11) is 0. The Bertz CT molecular complexity index is 924. The Morgan fingerprint density at radius 3 is 2.59 bits per heavy atom. The highest BCUT2D eigenvalue weighted by Gasteiger charge is 2.12. The van der Waals surface area contributed by atoms with Crippen molar-refractivity contribution in [2.24, 2.45) is 0 Å². The molecule has 0 saturated heterocycles. The maximum atomic E-state index is 12.1. The van der Waals surface area contributed by atoms with Crippen molar-refractivity contribution >= 4 is 11.9 Å². The molecule has 2 aromatic carbocycles. The first kappa shape index (κ1) is 18.2. The first-order valence-corrected chi connectivity index (χ1v) is 8.47. The molecule has 8 nitrogen and oxygen atoms in total. The van der Waals surface area contributed by atoms with E-state index in [1.165, 1.54) is 4.68 Å². The van der Waals surface area contributed by atoms with E-state index in [9.17, 15) is 9.59 Å². The molecule has 3 rings (SSSR count). The van der Waals surface area contributed by atoms with Crippen molar-refractivity contribution in [3.05, 3.63) is 71.5 Å². The fraction of sp³-hybridized carbons (Fsp3) is 0.211. The molecule has 0 fully saturated rings. The van der Waals surface area contributed by atoms with Crippen LogP contribution in [-0.4, -0.2) is 38.6 Å². The van der Waals surface area contributed by atoms with Crippen molar-refractivity contribution in [3.8, 4) is 5.69 Å². The second-order valence-corrected chi connectivity index (χ2v) is 5.82. The van der Waals surface area contributed by atoms with Crippen LogP contribution in [-0.2, 0) is 16.1 Å². The van der Waals surface area contributed by atoms with Gasteiger partial charge in [-0.3, -0.25) is 9.59 Å². The van der Waals surface area contributed by atoms with E-state index in [1.807, 2.05) is 49.4 Å². The average molecular weight is 365 g/mol. The van der Waals surface area contributed by atoms with E-state index < -0.39 is 5.97 Å². The minimum absolute atomic E-state index is 0.0491. The van der Waals surface area contributed by atoms with Crippen molar-refractivity contribution in [1.82, 2.24) is 25.5 Å². The number of para-hydroxylation sites is 1. The molecule has 0 saturated carbocycles. The summed E-state index contributed by atoms with van der Waals surface area (Å²) in [5.41, 5.74) is 2.25. The molecule has 0 bridgehead atoms. The molecule has 0 radical (unpaired) electrons. The predicted octanol–water partition coefficient (Wildman–Crippen LogP) is 1.83. The van der Waals surface area contributed by atoms with Crippen molar-refractivity contribution in [2.45, 2.75) is 20.0 Å². The monoisotopic (exact) mass is 365 g/mol. The van der Waals surface area contributed by atoms with Crippen LogP contribution >= 0.6 is 0 Å². The number of nitrogens with one attached hydrogen (secondary N) is 1. The highest BCUT2D eigenvalue weighted by molar-refractivity contribution is 5.95. The number of aromatic nitrogens is 4. The molecule has 1 amide bonds. The number of aryl methyl sites for hydroxylation is 1. The summed E-state index contributed by atoms with van der Waals surface area (Å²) in [6.45, 7) is 2.00. The average Bonchev–Trinajstić information content (AvgIpc) is 3.16. The normalized spacial score (nSPS) is 10.4. The van der Waals surface area contributed by atoms with Crippen LogP contribution in [0.4, 0.5) is 0 Å². The second-order valence-electron chi connectivity index (χ2n) is 5.82. The number of ether oxygens (including phenoxy) is 1. The van der Waals surface area contributed by atoms with Crippen LogP contribution in [0.1, 0.15) is 28.2 Å². The molecule has 0 atom stereocenters. The number of nitrogens with zero attached hydrogens (tertiary/aromatic N) is 4. The van der Waals surface area contributed by atoms with Gasteiger partial charge in [0.05, 0.1) is 12.1 Å². The molecule has 0 aliphatic heterocycles. The maximum absolute atomic E-state index is 12.1. The molecule has 1 N–H and O–H groups in total. The van der Waals surface area contributed by atoms with Crippen LogP contribution in [0.25, 0.3) is 5.69 Å². The Labute approximate surface area is 156 Å². The number of rotatable bonds is 7. The number of hydrogen-bond acceptors (Lipinski definition) is 6. The molecule has 3 aromatic rings. The van der Waals surface area contributed by atoms with Crippen LogP contribution in [0.5, 0.6) is 0 Å². The van der Waals surface area contributed by atoms with E-state index in [4.69, 9.17) is 4.74 Å². The molecule has 0 aliphatic carbocycles. The van der Waals surface area contributed by atoms with Gasteiger partial charge in [0.15, 0.2) is 12.4 Å². The molecule has 0 spiro atoms. The second kappa shape index (κ2) is 8.70. The molecule has 27 heavy (non-hydrogen) atoms. The Balaban J connectivity index is 1.47. The first-order chi connectivity index (χ1) is 13.1. The number of hydrogen-bond donors (Lipinski definition) is 1. The van der Waals surface area contributed by atoms with E-state index in [1.54, 1.807) is 12.1 Å². The van der Waals surface area contributed by atoms with Crippen molar-refractivity contribution in [1.29, 1.82) is 0 Å². The van der Waals surface area contributed by atoms with Crippen molar-refractivity contribution in [3.63, 3.8) is 0 Å². The van der Waals surface area contributed by atoms with Gasteiger partial charge in [0.1, 0.15) is 0 Å². The summed E-state index contributed by atoms with van der Waals surface area (Å²) in [6, 6.07) is 16.6. The van der Waals surface area contributed by atoms with Gasteiger partial charge in [-0.15, -0.1) is 5.10 Å². The summed E-state index contributed by atoms with van der Waals surface area (Å²) in [6.07, 6.45) is 0.0600. The van der Waals surface area contributed by atoms with Gasteiger partial charge in [0.25, 0.3) is 5.91 Å². The highest BCUT2D eigenvalue weighted by Crippen LogP contribution is 2.08. The minimum atomic E-state index is -0.442. The topological polar surface area (TPSA) is 99.0 Å². The SMILES string of the molecule is Cc1ccccc1C(=O)NCCC(=O)OCc1nnnn1-c1ccccc1. The zero-order chi connectivity index (χ0) is 19.1. The lowest BCUT2D eigenvalue weighted by molar-refractivity contribution is -0.145. The Hall–Kier alpha value is -3.55. The number of tetrazole rings is 1. The Morgan fingerprint density at radius 2 is 1.81 bits per heavy atom. The van der Waals surface area contributed by atoms with Gasteiger partial charge in [0.2, 0.25) is 0 Å². The Morgan fingerprint density at radius 1 is 1.07 bits per heavy atom. The molecular formula is C19H19N5O3. The fourth-order valence-corrected chi connectivity index (χ4v) is 2.48. The molecular weight excluding hydrogens is 346 g/mol. The van der Waals surface area contributed by atoms with Crippen LogP contribution in [0.2, 0.25) is 0 Å². The number of esters is 1. The lowest BCUT2D eigenvalue weighted by atomic mass is 10.1. The summed E-state index contributed by atoms with van der Waals surface area (Å²) in [5.74, 6) is -0.241. The summed E-state index contributed by atoms with van der Waals surface area (Å²) in [5, 5.41) is 14.1. The highest BCUT2D eigenvalue weighted by atomic mass is 16.5. The molecule has 8 heteroatoms. The van der Waals surface area contributed by atoms with Crippen LogP contribution in [0.15, 0.2) is 54.6 Å². The van der Waals surface area contributed by atoms with Gasteiger partial charge < -0.3 is 10.1 Å². The maximum Gasteiger partial charge on any atom is 0.308 e. The quantitative estimate of drug-likeness (QED) is 0.642. The van der Waals surface area contributed by atoms with Gasteiger partial charge in [-0.1, -0.05) is 36.4 Å². The van der Waals surface area contributed by atoms with Crippen LogP contribution in [0.3, 0.4) is 0 Å². The van der Waals surface area contributed by atoms with E-state index in [2.05, 4.69) is 20.8 Å². The zero-order valence-electron chi connectivity index (χ0n) is 14.8. The lowest BCUT2D eigenvalue weighted by Crippen LogP contribution is -2.27. The van der Waals surface area contributed by atoms with Gasteiger partial charge >= 0.3 is 5.97 Å². The summed E-state index contributed by atoms with van der Waals surface area (Å²) < 4.78 is 6.71. The molecule has 0 aliphatic rings.